The normalized spacial score (nSPS) is 38.8. The Balaban J connectivity index is 2.38. The van der Waals surface area contributed by atoms with Crippen LogP contribution in [0.4, 0.5) is 0 Å². The summed E-state index contributed by atoms with van der Waals surface area (Å²) in [6.07, 6.45) is 5.60. The summed E-state index contributed by atoms with van der Waals surface area (Å²) < 4.78 is 0. The van der Waals surface area contributed by atoms with Crippen LogP contribution in [0.15, 0.2) is 0 Å². The van der Waals surface area contributed by atoms with E-state index in [1.165, 1.54) is 0 Å². The van der Waals surface area contributed by atoms with Crippen molar-refractivity contribution in [2.75, 3.05) is 0 Å². The number of carbonyl (C=O) groups is 2. The maximum atomic E-state index is 11.6. The van der Waals surface area contributed by atoms with Crippen molar-refractivity contribution in [3.05, 3.63) is 0 Å². The maximum absolute atomic E-state index is 11.6. The first-order chi connectivity index (χ1) is 7.59. The molecule has 0 bridgehead atoms. The van der Waals surface area contributed by atoms with Gasteiger partial charge in [-0.3, -0.25) is 9.59 Å². The summed E-state index contributed by atoms with van der Waals surface area (Å²) in [4.78, 5) is 22.8. The van der Waals surface area contributed by atoms with Crippen molar-refractivity contribution < 1.29 is 19.8 Å². The number of rotatable bonds is 2. The number of carboxylic acids is 2. The molecule has 2 aliphatic carbocycles. The number of hydrogen-bond acceptors (Lipinski definition) is 2. The summed E-state index contributed by atoms with van der Waals surface area (Å²) >= 11 is 0. The van der Waals surface area contributed by atoms with Gasteiger partial charge in [-0.2, -0.15) is 0 Å². The fraction of sp³-hybridized carbons (Fsp3) is 0.833. The number of carboxylic acid groups (broad SMARTS) is 2. The third-order valence-electron chi connectivity index (χ3n) is 4.49. The SMILES string of the molecule is O=C(O)C1CCCC2CCCCC21C(=O)O. The molecule has 0 aromatic rings. The van der Waals surface area contributed by atoms with Gasteiger partial charge in [0.2, 0.25) is 0 Å². The van der Waals surface area contributed by atoms with E-state index in [2.05, 4.69) is 0 Å². The van der Waals surface area contributed by atoms with Gasteiger partial charge in [0, 0.05) is 0 Å². The van der Waals surface area contributed by atoms with Crippen LogP contribution >= 0.6 is 0 Å². The molecule has 0 amide bonds. The van der Waals surface area contributed by atoms with Gasteiger partial charge >= 0.3 is 11.9 Å². The first-order valence-electron chi connectivity index (χ1n) is 6.05. The van der Waals surface area contributed by atoms with Crippen molar-refractivity contribution in [1.82, 2.24) is 0 Å². The quantitative estimate of drug-likeness (QED) is 0.756. The lowest BCUT2D eigenvalue weighted by Crippen LogP contribution is -2.51. The average molecular weight is 226 g/mol. The highest BCUT2D eigenvalue weighted by molar-refractivity contribution is 5.84. The lowest BCUT2D eigenvalue weighted by Gasteiger charge is -2.47. The van der Waals surface area contributed by atoms with Crippen molar-refractivity contribution in [3.63, 3.8) is 0 Å². The first-order valence-corrected chi connectivity index (χ1v) is 6.05. The molecule has 2 rings (SSSR count). The minimum atomic E-state index is -0.970. The van der Waals surface area contributed by atoms with E-state index >= 15 is 0 Å². The second-order valence-electron chi connectivity index (χ2n) is 5.11. The highest BCUT2D eigenvalue weighted by Crippen LogP contribution is 2.53. The fourth-order valence-electron chi connectivity index (χ4n) is 3.73. The van der Waals surface area contributed by atoms with E-state index in [0.717, 1.165) is 32.1 Å². The second kappa shape index (κ2) is 4.07. The number of fused-ring (bicyclic) bond motifs is 1. The highest BCUT2D eigenvalue weighted by Gasteiger charge is 2.56. The Morgan fingerprint density at radius 1 is 1.00 bits per heavy atom. The largest absolute Gasteiger partial charge is 0.481 e. The van der Waals surface area contributed by atoms with Gasteiger partial charge in [-0.15, -0.1) is 0 Å². The molecule has 0 aliphatic heterocycles. The van der Waals surface area contributed by atoms with Crippen LogP contribution in [-0.2, 0) is 9.59 Å². The minimum absolute atomic E-state index is 0.0774. The van der Waals surface area contributed by atoms with Crippen LogP contribution in [0.2, 0.25) is 0 Å². The van der Waals surface area contributed by atoms with Gasteiger partial charge in [-0.1, -0.05) is 19.3 Å². The van der Waals surface area contributed by atoms with Gasteiger partial charge in [0.05, 0.1) is 11.3 Å². The standard InChI is InChI=1S/C12H18O4/c13-10(14)9-6-3-5-8-4-1-2-7-12(8,9)11(15)16/h8-9H,1-7H2,(H,13,14)(H,15,16). The van der Waals surface area contributed by atoms with Crippen molar-refractivity contribution in [2.45, 2.75) is 44.9 Å². The zero-order chi connectivity index (χ0) is 11.8. The molecule has 3 atom stereocenters. The Morgan fingerprint density at radius 2 is 1.69 bits per heavy atom. The predicted octanol–water partition coefficient (Wildman–Crippen LogP) is 2.13. The summed E-state index contributed by atoms with van der Waals surface area (Å²) in [6.45, 7) is 0. The molecule has 0 saturated heterocycles. The zero-order valence-electron chi connectivity index (χ0n) is 9.32. The molecule has 2 saturated carbocycles. The Morgan fingerprint density at radius 3 is 2.31 bits per heavy atom. The van der Waals surface area contributed by atoms with E-state index in [1.807, 2.05) is 0 Å². The second-order valence-corrected chi connectivity index (χ2v) is 5.11. The molecule has 0 aromatic carbocycles. The van der Waals surface area contributed by atoms with Crippen LogP contribution in [0.1, 0.15) is 44.9 Å². The molecule has 2 N–H and O–H groups in total. The molecule has 0 spiro atoms. The van der Waals surface area contributed by atoms with Gasteiger partial charge in [-0.05, 0) is 31.6 Å². The Bertz CT molecular complexity index is 310. The molecule has 90 valence electrons. The Labute approximate surface area is 94.7 Å². The van der Waals surface area contributed by atoms with E-state index in [4.69, 9.17) is 0 Å². The highest BCUT2D eigenvalue weighted by atomic mass is 16.4. The van der Waals surface area contributed by atoms with Gasteiger partial charge in [0.15, 0.2) is 0 Å². The van der Waals surface area contributed by atoms with Gasteiger partial charge < -0.3 is 10.2 Å². The molecule has 4 heteroatoms. The molecular weight excluding hydrogens is 208 g/mol. The van der Waals surface area contributed by atoms with Gasteiger partial charge in [-0.25, -0.2) is 0 Å². The van der Waals surface area contributed by atoms with Gasteiger partial charge in [0.1, 0.15) is 0 Å². The number of aliphatic carboxylic acids is 2. The molecule has 2 aliphatic rings. The topological polar surface area (TPSA) is 74.6 Å². The molecule has 16 heavy (non-hydrogen) atoms. The molecule has 0 aromatic heterocycles. The summed E-state index contributed by atoms with van der Waals surface area (Å²) in [5, 5.41) is 18.7. The lowest BCUT2D eigenvalue weighted by molar-refractivity contribution is -0.175. The zero-order valence-corrected chi connectivity index (χ0v) is 9.32. The van der Waals surface area contributed by atoms with Crippen LogP contribution < -0.4 is 0 Å². The van der Waals surface area contributed by atoms with Crippen LogP contribution in [0, 0.1) is 17.3 Å². The monoisotopic (exact) mass is 226 g/mol. The maximum Gasteiger partial charge on any atom is 0.310 e. The van der Waals surface area contributed by atoms with E-state index in [9.17, 15) is 19.8 Å². The lowest BCUT2D eigenvalue weighted by atomic mass is 9.54. The van der Waals surface area contributed by atoms with Crippen molar-refractivity contribution in [3.8, 4) is 0 Å². The molecular formula is C12H18O4. The number of hydrogen-bond donors (Lipinski definition) is 2. The van der Waals surface area contributed by atoms with Crippen molar-refractivity contribution in [2.24, 2.45) is 17.3 Å². The third-order valence-corrected chi connectivity index (χ3v) is 4.49. The molecule has 4 nitrogen and oxygen atoms in total. The van der Waals surface area contributed by atoms with Crippen molar-refractivity contribution in [1.29, 1.82) is 0 Å². The summed E-state index contributed by atoms with van der Waals surface area (Å²) in [5.41, 5.74) is -0.970. The van der Waals surface area contributed by atoms with Crippen LogP contribution in [0.25, 0.3) is 0 Å². The van der Waals surface area contributed by atoms with E-state index in [1.54, 1.807) is 0 Å². The molecule has 0 radical (unpaired) electrons. The average Bonchev–Trinajstić information content (AvgIpc) is 2.27. The fourth-order valence-corrected chi connectivity index (χ4v) is 3.73. The smallest absolute Gasteiger partial charge is 0.310 e. The van der Waals surface area contributed by atoms with E-state index in [-0.39, 0.29) is 5.92 Å². The molecule has 2 fully saturated rings. The van der Waals surface area contributed by atoms with E-state index < -0.39 is 23.3 Å². The predicted molar refractivity (Wildman–Crippen MR) is 57.0 cm³/mol. The first kappa shape index (κ1) is 11.4. The summed E-state index contributed by atoms with van der Waals surface area (Å²) in [5.74, 6) is -2.41. The summed E-state index contributed by atoms with van der Waals surface area (Å²) in [6, 6.07) is 0. The van der Waals surface area contributed by atoms with Gasteiger partial charge in [0.25, 0.3) is 0 Å². The minimum Gasteiger partial charge on any atom is -0.481 e. The van der Waals surface area contributed by atoms with E-state index in [0.29, 0.717) is 12.8 Å². The Hall–Kier alpha value is -1.06. The van der Waals surface area contributed by atoms with Crippen molar-refractivity contribution >= 4 is 11.9 Å². The molecule has 0 heterocycles. The Kier molecular flexibility index (Phi) is 2.91. The van der Waals surface area contributed by atoms with Crippen LogP contribution in [0.5, 0.6) is 0 Å². The third kappa shape index (κ3) is 1.51. The van der Waals surface area contributed by atoms with Crippen LogP contribution in [-0.4, -0.2) is 22.2 Å². The summed E-state index contributed by atoms with van der Waals surface area (Å²) in [7, 11) is 0. The van der Waals surface area contributed by atoms with Crippen LogP contribution in [0.3, 0.4) is 0 Å². The molecule has 3 unspecified atom stereocenters.